The summed E-state index contributed by atoms with van der Waals surface area (Å²) < 4.78 is 0. The molecule has 0 N–H and O–H groups in total. The van der Waals surface area contributed by atoms with Gasteiger partial charge in [-0.05, 0) is 56.1 Å². The Morgan fingerprint density at radius 3 is 2.18 bits per heavy atom. The summed E-state index contributed by atoms with van der Waals surface area (Å²) in [5.41, 5.74) is 0.593. The van der Waals surface area contributed by atoms with Gasteiger partial charge in [-0.1, -0.05) is 47.5 Å². The summed E-state index contributed by atoms with van der Waals surface area (Å²) in [7, 11) is 0. The average molecular weight is 239 g/mol. The van der Waals surface area contributed by atoms with Crippen LogP contribution in [0.25, 0.3) is 0 Å². The number of nitrogens with zero attached hydrogens (tertiary/aromatic N) is 1. The molecule has 1 heterocycles. The van der Waals surface area contributed by atoms with E-state index in [9.17, 15) is 0 Å². The minimum atomic E-state index is 0.593. The fourth-order valence-electron chi connectivity index (χ4n) is 3.49. The number of hydrogen-bond acceptors (Lipinski definition) is 1. The van der Waals surface area contributed by atoms with Crippen molar-refractivity contribution in [2.45, 2.75) is 66.7 Å². The maximum Gasteiger partial charge on any atom is -0.00160 e. The fraction of sp³-hybridized carbons (Fsp3) is 1.00. The second-order valence-electron chi connectivity index (χ2n) is 6.43. The highest BCUT2D eigenvalue weighted by Gasteiger charge is 2.35. The molecular formula is C16H33N. The van der Waals surface area contributed by atoms with E-state index in [0.29, 0.717) is 5.41 Å². The molecule has 0 aromatic heterocycles. The molecule has 0 radical (unpaired) electrons. The maximum atomic E-state index is 2.61. The van der Waals surface area contributed by atoms with Crippen LogP contribution in [0.15, 0.2) is 0 Å². The molecule has 0 spiro atoms. The molecule has 1 rings (SSSR count). The van der Waals surface area contributed by atoms with Crippen LogP contribution < -0.4 is 0 Å². The van der Waals surface area contributed by atoms with E-state index in [1.54, 1.807) is 0 Å². The Morgan fingerprint density at radius 1 is 1.18 bits per heavy atom. The zero-order chi connectivity index (χ0) is 12.9. The quantitative estimate of drug-likeness (QED) is 0.656. The number of rotatable bonds is 6. The number of likely N-dealkylation sites (tertiary alicyclic amines) is 1. The third kappa shape index (κ3) is 3.98. The molecule has 1 heteroatoms. The average Bonchev–Trinajstić information content (AvgIpc) is 2.38. The van der Waals surface area contributed by atoms with Crippen molar-refractivity contribution in [2.75, 3.05) is 19.6 Å². The van der Waals surface area contributed by atoms with Crippen molar-refractivity contribution in [2.24, 2.45) is 17.3 Å². The summed E-state index contributed by atoms with van der Waals surface area (Å²) in [5.74, 6) is 1.86. The smallest absolute Gasteiger partial charge is 0.00160 e. The lowest BCUT2D eigenvalue weighted by atomic mass is 9.66. The molecular weight excluding hydrogens is 206 g/mol. The lowest BCUT2D eigenvalue weighted by Crippen LogP contribution is -2.40. The van der Waals surface area contributed by atoms with E-state index in [0.717, 1.165) is 11.8 Å². The van der Waals surface area contributed by atoms with E-state index in [1.165, 1.54) is 51.7 Å². The van der Waals surface area contributed by atoms with Gasteiger partial charge in [0.25, 0.3) is 0 Å². The van der Waals surface area contributed by atoms with Gasteiger partial charge in [-0.3, -0.25) is 0 Å². The van der Waals surface area contributed by atoms with Gasteiger partial charge >= 0.3 is 0 Å². The molecule has 0 aromatic rings. The van der Waals surface area contributed by atoms with Gasteiger partial charge in [0.2, 0.25) is 0 Å². The van der Waals surface area contributed by atoms with E-state index in [4.69, 9.17) is 0 Å². The predicted octanol–water partition coefficient (Wildman–Crippen LogP) is 4.57. The molecule has 0 aliphatic carbocycles. The maximum absolute atomic E-state index is 2.61. The van der Waals surface area contributed by atoms with Crippen molar-refractivity contribution in [1.82, 2.24) is 4.90 Å². The Balaban J connectivity index is 2.55. The first-order valence-electron chi connectivity index (χ1n) is 7.78. The van der Waals surface area contributed by atoms with Crippen molar-refractivity contribution in [3.63, 3.8) is 0 Å². The Labute approximate surface area is 109 Å². The second-order valence-corrected chi connectivity index (χ2v) is 6.43. The van der Waals surface area contributed by atoms with E-state index in [-0.39, 0.29) is 0 Å². The Kier molecular flexibility index (Phi) is 5.99. The van der Waals surface area contributed by atoms with Crippen LogP contribution in [-0.4, -0.2) is 24.5 Å². The van der Waals surface area contributed by atoms with Crippen LogP contribution in [0.4, 0.5) is 0 Å². The van der Waals surface area contributed by atoms with Crippen molar-refractivity contribution >= 4 is 0 Å². The van der Waals surface area contributed by atoms with Crippen LogP contribution in [0.5, 0.6) is 0 Å². The molecule has 0 saturated carbocycles. The summed E-state index contributed by atoms with van der Waals surface area (Å²) in [4.78, 5) is 2.61. The minimum Gasteiger partial charge on any atom is -0.304 e. The Morgan fingerprint density at radius 2 is 1.76 bits per heavy atom. The van der Waals surface area contributed by atoms with Gasteiger partial charge in [0.15, 0.2) is 0 Å². The van der Waals surface area contributed by atoms with Crippen LogP contribution in [0.1, 0.15) is 66.7 Å². The normalized spacial score (nSPS) is 24.5. The van der Waals surface area contributed by atoms with Crippen LogP contribution in [0.3, 0.4) is 0 Å². The molecule has 102 valence electrons. The van der Waals surface area contributed by atoms with Crippen molar-refractivity contribution in [3.05, 3.63) is 0 Å². The van der Waals surface area contributed by atoms with E-state index in [2.05, 4.69) is 39.5 Å². The number of hydrogen-bond donors (Lipinski definition) is 0. The van der Waals surface area contributed by atoms with Gasteiger partial charge in [0.1, 0.15) is 0 Å². The van der Waals surface area contributed by atoms with Gasteiger partial charge < -0.3 is 4.90 Å². The molecule has 2 atom stereocenters. The molecule has 1 saturated heterocycles. The van der Waals surface area contributed by atoms with E-state index in [1.807, 2.05) is 0 Å². The SMILES string of the molecule is CCC(C)CC(C)(CC)C1CCN(CC)CC1. The first kappa shape index (κ1) is 15.0. The second kappa shape index (κ2) is 6.78. The van der Waals surface area contributed by atoms with Crippen LogP contribution >= 0.6 is 0 Å². The lowest BCUT2D eigenvalue weighted by Gasteiger charge is -2.43. The van der Waals surface area contributed by atoms with Gasteiger partial charge in [-0.2, -0.15) is 0 Å². The number of piperidine rings is 1. The Hall–Kier alpha value is -0.0400. The van der Waals surface area contributed by atoms with Gasteiger partial charge in [0, 0.05) is 0 Å². The highest BCUT2D eigenvalue weighted by atomic mass is 15.1. The summed E-state index contributed by atoms with van der Waals surface area (Å²) in [6.07, 6.45) is 6.97. The summed E-state index contributed by atoms with van der Waals surface area (Å²) in [6, 6.07) is 0. The third-order valence-corrected chi connectivity index (χ3v) is 5.34. The predicted molar refractivity (Wildman–Crippen MR) is 77.3 cm³/mol. The summed E-state index contributed by atoms with van der Waals surface area (Å²) in [6.45, 7) is 15.9. The molecule has 0 aromatic carbocycles. The molecule has 0 bridgehead atoms. The molecule has 17 heavy (non-hydrogen) atoms. The molecule has 1 fully saturated rings. The fourth-order valence-corrected chi connectivity index (χ4v) is 3.49. The standard InChI is InChI=1S/C16H33N/c1-6-14(4)13-16(5,7-2)15-9-11-17(8-3)12-10-15/h14-15H,6-13H2,1-5H3. The highest BCUT2D eigenvalue weighted by Crippen LogP contribution is 2.43. The topological polar surface area (TPSA) is 3.24 Å². The first-order chi connectivity index (χ1) is 8.05. The third-order valence-electron chi connectivity index (χ3n) is 5.34. The molecule has 1 aliphatic rings. The summed E-state index contributed by atoms with van der Waals surface area (Å²) in [5, 5.41) is 0. The van der Waals surface area contributed by atoms with Crippen LogP contribution in [0.2, 0.25) is 0 Å². The Bertz CT molecular complexity index is 206. The minimum absolute atomic E-state index is 0.593. The monoisotopic (exact) mass is 239 g/mol. The lowest BCUT2D eigenvalue weighted by molar-refractivity contribution is 0.0662. The van der Waals surface area contributed by atoms with Gasteiger partial charge in [-0.25, -0.2) is 0 Å². The zero-order valence-corrected chi connectivity index (χ0v) is 12.8. The van der Waals surface area contributed by atoms with Crippen molar-refractivity contribution < 1.29 is 0 Å². The van der Waals surface area contributed by atoms with E-state index < -0.39 is 0 Å². The van der Waals surface area contributed by atoms with Gasteiger partial charge in [0.05, 0.1) is 0 Å². The highest BCUT2D eigenvalue weighted by molar-refractivity contribution is 4.86. The van der Waals surface area contributed by atoms with Gasteiger partial charge in [-0.15, -0.1) is 0 Å². The van der Waals surface area contributed by atoms with E-state index >= 15 is 0 Å². The molecule has 1 nitrogen and oxygen atoms in total. The van der Waals surface area contributed by atoms with Crippen molar-refractivity contribution in [3.8, 4) is 0 Å². The molecule has 0 amide bonds. The largest absolute Gasteiger partial charge is 0.304 e. The first-order valence-corrected chi connectivity index (χ1v) is 7.78. The van der Waals surface area contributed by atoms with Crippen LogP contribution in [0, 0.1) is 17.3 Å². The molecule has 2 unspecified atom stereocenters. The van der Waals surface area contributed by atoms with Crippen LogP contribution in [-0.2, 0) is 0 Å². The zero-order valence-electron chi connectivity index (χ0n) is 12.8. The molecule has 1 aliphatic heterocycles. The summed E-state index contributed by atoms with van der Waals surface area (Å²) >= 11 is 0. The van der Waals surface area contributed by atoms with Crippen molar-refractivity contribution in [1.29, 1.82) is 0 Å².